The number of anilines is 1. The van der Waals surface area contributed by atoms with E-state index in [9.17, 15) is 18.0 Å². The van der Waals surface area contributed by atoms with Crippen molar-refractivity contribution in [1.82, 2.24) is 15.3 Å². The number of halogens is 3. The van der Waals surface area contributed by atoms with Crippen LogP contribution in [-0.4, -0.2) is 35.5 Å². The molecule has 0 aliphatic carbocycles. The van der Waals surface area contributed by atoms with Gasteiger partial charge in [-0.3, -0.25) is 14.8 Å². The van der Waals surface area contributed by atoms with E-state index in [0.717, 1.165) is 55.6 Å². The number of carbonyl (C=O) groups is 1. The standard InChI is InChI=1S/C19H21F3N4O/c1-13-10-16(4-7-23-13)26-8-5-14(6-9-26)11-25-18(27)15-2-3-17(24-12-15)19(20,21)22/h2-4,7,10,12,14H,5-6,8-9,11H2,1H3,(H,25,27). The molecule has 0 bridgehead atoms. The number of piperidine rings is 1. The number of alkyl halides is 3. The van der Waals surface area contributed by atoms with E-state index in [1.807, 2.05) is 13.0 Å². The maximum absolute atomic E-state index is 12.5. The zero-order chi connectivity index (χ0) is 19.4. The summed E-state index contributed by atoms with van der Waals surface area (Å²) in [4.78, 5) is 21.9. The molecular weight excluding hydrogens is 357 g/mol. The van der Waals surface area contributed by atoms with Crippen LogP contribution in [0.1, 0.15) is 34.6 Å². The topological polar surface area (TPSA) is 58.1 Å². The number of amides is 1. The molecule has 8 heteroatoms. The van der Waals surface area contributed by atoms with Crippen LogP contribution in [0.15, 0.2) is 36.7 Å². The van der Waals surface area contributed by atoms with Gasteiger partial charge in [0.05, 0.1) is 5.56 Å². The number of aryl methyl sites for hydroxylation is 1. The van der Waals surface area contributed by atoms with Crippen molar-refractivity contribution in [1.29, 1.82) is 0 Å². The molecule has 0 saturated carbocycles. The summed E-state index contributed by atoms with van der Waals surface area (Å²) in [5.74, 6) is -0.0565. The number of nitrogens with one attached hydrogen (secondary N) is 1. The van der Waals surface area contributed by atoms with Crippen molar-refractivity contribution in [2.45, 2.75) is 25.9 Å². The molecule has 2 aromatic rings. The summed E-state index contributed by atoms with van der Waals surface area (Å²) in [6.07, 6.45) is 0.137. The van der Waals surface area contributed by atoms with Gasteiger partial charge in [-0.1, -0.05) is 0 Å². The first kappa shape index (κ1) is 19.1. The zero-order valence-corrected chi connectivity index (χ0v) is 15.0. The van der Waals surface area contributed by atoms with E-state index in [-0.39, 0.29) is 5.56 Å². The van der Waals surface area contributed by atoms with Crippen LogP contribution in [-0.2, 0) is 6.18 Å². The number of aromatic nitrogens is 2. The molecular formula is C19H21F3N4O. The van der Waals surface area contributed by atoms with Gasteiger partial charge in [-0.25, -0.2) is 0 Å². The summed E-state index contributed by atoms with van der Waals surface area (Å²) in [7, 11) is 0. The Hall–Kier alpha value is -2.64. The highest BCUT2D eigenvalue weighted by Crippen LogP contribution is 2.27. The maximum atomic E-state index is 12.5. The molecule has 1 aliphatic heterocycles. The summed E-state index contributed by atoms with van der Waals surface area (Å²) in [5.41, 5.74) is 1.26. The summed E-state index contributed by atoms with van der Waals surface area (Å²) in [6.45, 7) is 4.25. The number of hydrogen-bond donors (Lipinski definition) is 1. The first-order chi connectivity index (χ1) is 12.8. The van der Waals surface area contributed by atoms with Crippen LogP contribution in [0.2, 0.25) is 0 Å². The van der Waals surface area contributed by atoms with Crippen LogP contribution in [0.25, 0.3) is 0 Å². The van der Waals surface area contributed by atoms with Gasteiger partial charge in [0.1, 0.15) is 5.69 Å². The third-order valence-electron chi connectivity index (χ3n) is 4.73. The van der Waals surface area contributed by atoms with Gasteiger partial charge >= 0.3 is 6.18 Å². The fourth-order valence-corrected chi connectivity index (χ4v) is 3.16. The predicted octanol–water partition coefficient (Wildman–Crippen LogP) is 3.45. The maximum Gasteiger partial charge on any atom is 0.433 e. The lowest BCUT2D eigenvalue weighted by atomic mass is 9.96. The van der Waals surface area contributed by atoms with Crippen molar-refractivity contribution < 1.29 is 18.0 Å². The minimum Gasteiger partial charge on any atom is -0.371 e. The van der Waals surface area contributed by atoms with E-state index in [4.69, 9.17) is 0 Å². The number of pyridine rings is 2. The highest BCUT2D eigenvalue weighted by atomic mass is 19.4. The number of nitrogens with zero attached hydrogens (tertiary/aromatic N) is 3. The van der Waals surface area contributed by atoms with Gasteiger partial charge in [-0.15, -0.1) is 0 Å². The van der Waals surface area contributed by atoms with Gasteiger partial charge in [0.2, 0.25) is 0 Å². The number of rotatable bonds is 4. The molecule has 3 heterocycles. The molecule has 1 saturated heterocycles. The fourth-order valence-electron chi connectivity index (χ4n) is 3.16. The van der Waals surface area contributed by atoms with Crippen molar-refractivity contribution in [2.24, 2.45) is 5.92 Å². The average molecular weight is 378 g/mol. The second-order valence-corrected chi connectivity index (χ2v) is 6.73. The highest BCUT2D eigenvalue weighted by Gasteiger charge is 2.32. The van der Waals surface area contributed by atoms with E-state index in [1.54, 1.807) is 6.20 Å². The third kappa shape index (κ3) is 4.96. The van der Waals surface area contributed by atoms with E-state index >= 15 is 0 Å². The molecule has 27 heavy (non-hydrogen) atoms. The Bertz CT molecular complexity index is 784. The Kier molecular flexibility index (Phi) is 5.62. The first-order valence-electron chi connectivity index (χ1n) is 8.82. The smallest absolute Gasteiger partial charge is 0.371 e. The lowest BCUT2D eigenvalue weighted by Crippen LogP contribution is -2.38. The van der Waals surface area contributed by atoms with E-state index in [2.05, 4.69) is 26.3 Å². The molecule has 0 unspecified atom stereocenters. The van der Waals surface area contributed by atoms with Crippen LogP contribution < -0.4 is 10.2 Å². The Labute approximate surface area is 155 Å². The largest absolute Gasteiger partial charge is 0.433 e. The zero-order valence-electron chi connectivity index (χ0n) is 15.0. The van der Waals surface area contributed by atoms with Crippen molar-refractivity contribution >= 4 is 11.6 Å². The van der Waals surface area contributed by atoms with Crippen molar-refractivity contribution in [3.63, 3.8) is 0 Å². The van der Waals surface area contributed by atoms with Crippen LogP contribution >= 0.6 is 0 Å². The summed E-state index contributed by atoms with van der Waals surface area (Å²) < 4.78 is 37.6. The molecule has 5 nitrogen and oxygen atoms in total. The van der Waals surface area contributed by atoms with Gasteiger partial charge in [-0.2, -0.15) is 13.2 Å². The van der Waals surface area contributed by atoms with Crippen LogP contribution in [0, 0.1) is 12.8 Å². The lowest BCUT2D eigenvalue weighted by Gasteiger charge is -2.33. The Morgan fingerprint density at radius 2 is 1.96 bits per heavy atom. The van der Waals surface area contributed by atoms with Crippen LogP contribution in [0.4, 0.5) is 18.9 Å². The molecule has 1 aliphatic rings. The number of carbonyl (C=O) groups excluding carboxylic acids is 1. The Morgan fingerprint density at radius 3 is 2.56 bits per heavy atom. The molecule has 0 radical (unpaired) electrons. The molecule has 1 amide bonds. The van der Waals surface area contributed by atoms with E-state index in [0.29, 0.717) is 12.5 Å². The summed E-state index contributed by atoms with van der Waals surface area (Å²) in [5, 5.41) is 2.80. The SMILES string of the molecule is Cc1cc(N2CCC(CNC(=O)c3ccc(C(F)(F)F)nc3)CC2)ccn1. The normalized spacial score (nSPS) is 15.6. The van der Waals surface area contributed by atoms with Crippen LogP contribution in [0.3, 0.4) is 0 Å². The monoisotopic (exact) mass is 378 g/mol. The third-order valence-corrected chi connectivity index (χ3v) is 4.73. The second-order valence-electron chi connectivity index (χ2n) is 6.73. The Balaban J connectivity index is 1.48. The fraction of sp³-hybridized carbons (Fsp3) is 0.421. The molecule has 3 rings (SSSR count). The molecule has 2 aromatic heterocycles. The predicted molar refractivity (Wildman–Crippen MR) is 95.5 cm³/mol. The molecule has 0 atom stereocenters. The molecule has 144 valence electrons. The second kappa shape index (κ2) is 7.94. The quantitative estimate of drug-likeness (QED) is 0.885. The van der Waals surface area contributed by atoms with Gasteiger partial charge in [0, 0.05) is 43.4 Å². The summed E-state index contributed by atoms with van der Waals surface area (Å²) in [6, 6.07) is 6.02. The molecule has 0 aromatic carbocycles. The van der Waals surface area contributed by atoms with Crippen LogP contribution in [0.5, 0.6) is 0 Å². The van der Waals surface area contributed by atoms with Gasteiger partial charge in [-0.05, 0) is 49.9 Å². The minimum atomic E-state index is -4.50. The van der Waals surface area contributed by atoms with Gasteiger partial charge in [0.25, 0.3) is 5.91 Å². The van der Waals surface area contributed by atoms with Gasteiger partial charge < -0.3 is 10.2 Å². The van der Waals surface area contributed by atoms with E-state index in [1.165, 1.54) is 0 Å². The van der Waals surface area contributed by atoms with Gasteiger partial charge in [0.15, 0.2) is 0 Å². The van der Waals surface area contributed by atoms with Crippen molar-refractivity contribution in [2.75, 3.05) is 24.5 Å². The average Bonchev–Trinajstić information content (AvgIpc) is 2.66. The molecule has 1 N–H and O–H groups in total. The molecule has 1 fully saturated rings. The highest BCUT2D eigenvalue weighted by molar-refractivity contribution is 5.93. The van der Waals surface area contributed by atoms with Crippen molar-refractivity contribution in [3.8, 4) is 0 Å². The minimum absolute atomic E-state index is 0.132. The lowest BCUT2D eigenvalue weighted by molar-refractivity contribution is -0.141. The molecule has 0 spiro atoms. The Morgan fingerprint density at radius 1 is 1.22 bits per heavy atom. The summed E-state index contributed by atoms with van der Waals surface area (Å²) >= 11 is 0. The number of hydrogen-bond acceptors (Lipinski definition) is 4. The van der Waals surface area contributed by atoms with E-state index < -0.39 is 17.8 Å². The van der Waals surface area contributed by atoms with Crippen molar-refractivity contribution in [3.05, 3.63) is 53.6 Å². The first-order valence-corrected chi connectivity index (χ1v) is 8.82.